The van der Waals surface area contributed by atoms with E-state index in [0.717, 1.165) is 0 Å². The predicted molar refractivity (Wildman–Crippen MR) is 99.4 cm³/mol. The van der Waals surface area contributed by atoms with Gasteiger partial charge in [0.1, 0.15) is 0 Å². The fraction of sp³-hybridized carbons (Fsp3) is 0.316. The van der Waals surface area contributed by atoms with Gasteiger partial charge in [0, 0.05) is 0 Å². The van der Waals surface area contributed by atoms with Gasteiger partial charge in [-0.3, -0.25) is 4.57 Å². The SMILES string of the molecule is CCOP(=O)(OCC)C(/C(C)=N\O)(c1ccccc1)c1ccccc1. The summed E-state index contributed by atoms with van der Waals surface area (Å²) < 4.78 is 25.4. The molecule has 1 N–H and O–H groups in total. The molecule has 0 amide bonds. The average Bonchev–Trinajstić information content (AvgIpc) is 2.64. The van der Waals surface area contributed by atoms with Crippen LogP contribution in [0.15, 0.2) is 65.8 Å². The summed E-state index contributed by atoms with van der Waals surface area (Å²) in [5.41, 5.74) is 1.61. The van der Waals surface area contributed by atoms with E-state index in [-0.39, 0.29) is 18.9 Å². The Hall–Kier alpha value is -1.94. The van der Waals surface area contributed by atoms with Gasteiger partial charge in [0.05, 0.1) is 18.9 Å². The lowest BCUT2D eigenvalue weighted by Crippen LogP contribution is -2.37. The molecular weight excluding hydrogens is 337 g/mol. The summed E-state index contributed by atoms with van der Waals surface area (Å²) >= 11 is 0. The quantitative estimate of drug-likeness (QED) is 0.309. The molecule has 134 valence electrons. The van der Waals surface area contributed by atoms with Gasteiger partial charge in [0.15, 0.2) is 5.16 Å². The van der Waals surface area contributed by atoms with Gasteiger partial charge in [-0.15, -0.1) is 0 Å². The highest BCUT2D eigenvalue weighted by molar-refractivity contribution is 7.56. The monoisotopic (exact) mass is 361 g/mol. The van der Waals surface area contributed by atoms with E-state index in [0.29, 0.717) is 11.1 Å². The fourth-order valence-electron chi connectivity index (χ4n) is 3.10. The van der Waals surface area contributed by atoms with Crippen LogP contribution in [0.25, 0.3) is 0 Å². The molecule has 0 aromatic heterocycles. The van der Waals surface area contributed by atoms with Gasteiger partial charge in [-0.05, 0) is 31.9 Å². The number of rotatable bonds is 8. The van der Waals surface area contributed by atoms with E-state index in [9.17, 15) is 9.77 Å². The molecule has 0 fully saturated rings. The number of hydrogen-bond acceptors (Lipinski definition) is 5. The topological polar surface area (TPSA) is 68.1 Å². The molecule has 0 aliphatic heterocycles. The van der Waals surface area contributed by atoms with Gasteiger partial charge in [-0.25, -0.2) is 0 Å². The lowest BCUT2D eigenvalue weighted by molar-refractivity contribution is 0.208. The second-order valence-corrected chi connectivity index (χ2v) is 7.64. The predicted octanol–water partition coefficient (Wildman–Crippen LogP) is 5.05. The molecule has 0 atom stereocenters. The lowest BCUT2D eigenvalue weighted by atomic mass is 9.86. The maximum atomic E-state index is 14.0. The summed E-state index contributed by atoms with van der Waals surface area (Å²) in [4.78, 5) is 0. The highest BCUT2D eigenvalue weighted by Gasteiger charge is 2.56. The zero-order valence-corrected chi connectivity index (χ0v) is 15.6. The Morgan fingerprint density at radius 1 is 0.960 bits per heavy atom. The van der Waals surface area contributed by atoms with Gasteiger partial charge < -0.3 is 14.3 Å². The number of benzene rings is 2. The van der Waals surface area contributed by atoms with Crippen molar-refractivity contribution in [3.63, 3.8) is 0 Å². The molecule has 2 rings (SSSR count). The third-order valence-corrected chi connectivity index (χ3v) is 6.92. The van der Waals surface area contributed by atoms with Crippen molar-refractivity contribution in [3.8, 4) is 0 Å². The molecule has 0 heterocycles. The first kappa shape index (κ1) is 19.4. The Labute approximate surface area is 148 Å². The van der Waals surface area contributed by atoms with E-state index in [1.54, 1.807) is 20.8 Å². The summed E-state index contributed by atoms with van der Waals surface area (Å²) in [6.45, 7) is 5.56. The van der Waals surface area contributed by atoms with Crippen LogP contribution in [0.1, 0.15) is 31.9 Å². The van der Waals surface area contributed by atoms with E-state index < -0.39 is 12.8 Å². The summed E-state index contributed by atoms with van der Waals surface area (Å²) in [6.07, 6.45) is 0. The molecule has 2 aromatic rings. The zero-order valence-electron chi connectivity index (χ0n) is 14.8. The summed E-state index contributed by atoms with van der Waals surface area (Å²) in [6, 6.07) is 18.5. The van der Waals surface area contributed by atoms with Crippen LogP contribution < -0.4 is 0 Å². The van der Waals surface area contributed by atoms with E-state index in [1.165, 1.54) is 0 Å². The maximum absolute atomic E-state index is 14.0. The van der Waals surface area contributed by atoms with Crippen LogP contribution in [0, 0.1) is 0 Å². The first-order valence-electron chi connectivity index (χ1n) is 8.26. The summed E-state index contributed by atoms with van der Waals surface area (Å²) in [5, 5.41) is 11.7. The second kappa shape index (κ2) is 8.43. The van der Waals surface area contributed by atoms with Crippen molar-refractivity contribution in [2.45, 2.75) is 25.9 Å². The molecule has 0 bridgehead atoms. The van der Waals surface area contributed by atoms with E-state index >= 15 is 0 Å². The molecule has 0 spiro atoms. The average molecular weight is 361 g/mol. The molecule has 0 unspecified atom stereocenters. The van der Waals surface area contributed by atoms with Gasteiger partial charge >= 0.3 is 7.60 Å². The Bertz CT molecular complexity index is 697. The smallest absolute Gasteiger partial charge is 0.351 e. The summed E-state index contributed by atoms with van der Waals surface area (Å²) in [5.74, 6) is 0. The normalized spacial score (nSPS) is 13.0. The molecule has 6 heteroatoms. The van der Waals surface area contributed by atoms with E-state index in [2.05, 4.69) is 5.16 Å². The first-order valence-corrected chi connectivity index (χ1v) is 9.80. The van der Waals surface area contributed by atoms with Crippen molar-refractivity contribution in [2.24, 2.45) is 5.16 Å². The van der Waals surface area contributed by atoms with Crippen molar-refractivity contribution in [1.29, 1.82) is 0 Å². The molecule has 5 nitrogen and oxygen atoms in total. The number of nitrogens with zero attached hydrogens (tertiary/aromatic N) is 1. The second-order valence-electron chi connectivity index (χ2n) is 5.46. The molecule has 2 aromatic carbocycles. The van der Waals surface area contributed by atoms with Crippen molar-refractivity contribution in [3.05, 3.63) is 71.8 Å². The van der Waals surface area contributed by atoms with E-state index in [1.807, 2.05) is 60.7 Å². The van der Waals surface area contributed by atoms with Crippen LogP contribution in [-0.2, 0) is 18.8 Å². The lowest BCUT2D eigenvalue weighted by Gasteiger charge is -2.39. The van der Waals surface area contributed by atoms with Gasteiger partial charge in [-0.1, -0.05) is 65.8 Å². The van der Waals surface area contributed by atoms with Crippen LogP contribution in [0.3, 0.4) is 0 Å². The van der Waals surface area contributed by atoms with Gasteiger partial charge in [0.25, 0.3) is 0 Å². The van der Waals surface area contributed by atoms with Crippen LogP contribution in [0.2, 0.25) is 0 Å². The Balaban J connectivity index is 2.93. The standard InChI is InChI=1S/C19H24NO4P/c1-4-23-25(22,24-5-2)19(16(3)20-21,17-12-8-6-9-13-17)18-14-10-7-11-15-18/h6-15,21H,4-5H2,1-3H3/b20-16-. The minimum absolute atomic E-state index is 0.206. The van der Waals surface area contributed by atoms with Crippen LogP contribution in [-0.4, -0.2) is 24.1 Å². The molecule has 0 saturated heterocycles. The van der Waals surface area contributed by atoms with Crippen molar-refractivity contribution < 1.29 is 18.8 Å². The number of hydrogen-bond donors (Lipinski definition) is 1. The molecular formula is C19H24NO4P. The third-order valence-electron chi connectivity index (χ3n) is 4.07. The Morgan fingerprint density at radius 2 is 1.36 bits per heavy atom. The van der Waals surface area contributed by atoms with Crippen molar-refractivity contribution in [2.75, 3.05) is 13.2 Å². The third kappa shape index (κ3) is 3.40. The maximum Gasteiger partial charge on any atom is 0.351 e. The first-order chi connectivity index (χ1) is 12.1. The molecule has 0 aliphatic rings. The fourth-order valence-corrected chi connectivity index (χ4v) is 5.61. The van der Waals surface area contributed by atoms with Crippen LogP contribution >= 0.6 is 7.60 Å². The highest BCUT2D eigenvalue weighted by atomic mass is 31.2. The highest BCUT2D eigenvalue weighted by Crippen LogP contribution is 2.68. The van der Waals surface area contributed by atoms with Crippen LogP contribution in [0.4, 0.5) is 0 Å². The van der Waals surface area contributed by atoms with Crippen molar-refractivity contribution in [1.82, 2.24) is 0 Å². The van der Waals surface area contributed by atoms with Gasteiger partial charge in [-0.2, -0.15) is 0 Å². The minimum Gasteiger partial charge on any atom is -0.411 e. The Kier molecular flexibility index (Phi) is 6.54. The van der Waals surface area contributed by atoms with Gasteiger partial charge in [0.2, 0.25) is 0 Å². The zero-order chi connectivity index (χ0) is 18.3. The molecule has 25 heavy (non-hydrogen) atoms. The molecule has 0 radical (unpaired) electrons. The molecule has 0 saturated carbocycles. The van der Waals surface area contributed by atoms with E-state index in [4.69, 9.17) is 9.05 Å². The number of oxime groups is 1. The van der Waals surface area contributed by atoms with Crippen LogP contribution in [0.5, 0.6) is 0 Å². The molecule has 0 aliphatic carbocycles. The Morgan fingerprint density at radius 3 is 1.68 bits per heavy atom. The largest absolute Gasteiger partial charge is 0.411 e. The van der Waals surface area contributed by atoms with Crippen molar-refractivity contribution >= 4 is 13.3 Å². The minimum atomic E-state index is -3.77. The summed E-state index contributed by atoms with van der Waals surface area (Å²) in [7, 11) is -3.77.